The predicted octanol–water partition coefficient (Wildman–Crippen LogP) is 1.59. The van der Waals surface area contributed by atoms with Crippen molar-refractivity contribution in [1.82, 2.24) is 24.8 Å². The number of nitrogens with one attached hydrogen (secondary N) is 2. The minimum atomic E-state index is -3.44. The Kier molecular flexibility index (Phi) is 9.04. The van der Waals surface area contributed by atoms with E-state index in [1.54, 1.807) is 0 Å². The van der Waals surface area contributed by atoms with Crippen LogP contribution in [0.1, 0.15) is 49.9 Å². The molecule has 0 radical (unpaired) electrons. The van der Waals surface area contributed by atoms with Gasteiger partial charge in [-0.15, -0.1) is 0 Å². The number of sulfonamides is 1. The van der Waals surface area contributed by atoms with E-state index < -0.39 is 16.1 Å². The molecule has 4 N–H and O–H groups in total. The van der Waals surface area contributed by atoms with Gasteiger partial charge < -0.3 is 10.6 Å². The molecule has 1 aromatic heterocycles. The van der Waals surface area contributed by atoms with E-state index in [0.29, 0.717) is 24.5 Å². The van der Waals surface area contributed by atoms with Gasteiger partial charge in [-0.2, -0.15) is 5.10 Å². The highest BCUT2D eigenvalue weighted by atomic mass is 32.2. The fourth-order valence-corrected chi connectivity index (χ4v) is 4.35. The molecule has 0 fully saturated rings. The van der Waals surface area contributed by atoms with Gasteiger partial charge in [-0.05, 0) is 44.5 Å². The molecule has 0 saturated carbocycles. The van der Waals surface area contributed by atoms with E-state index in [2.05, 4.69) is 38.7 Å². The number of hydrogen-bond acceptors (Lipinski definition) is 6. The van der Waals surface area contributed by atoms with E-state index >= 15 is 0 Å². The molecule has 0 aliphatic rings. The topological polar surface area (TPSA) is 117 Å². The first-order valence-corrected chi connectivity index (χ1v) is 11.5. The first kappa shape index (κ1) is 22.5. The van der Waals surface area contributed by atoms with Crippen LogP contribution in [0.4, 0.5) is 0 Å². The zero-order chi connectivity index (χ0) is 20.4. The molecular formula is C19H32N6O2S. The molecule has 0 spiro atoms. The summed E-state index contributed by atoms with van der Waals surface area (Å²) in [6.07, 6.45) is 1.90. The summed E-state index contributed by atoms with van der Waals surface area (Å²) in [7, 11) is -3.44. The molecule has 0 aliphatic heterocycles. The fourth-order valence-electron chi connectivity index (χ4n) is 3.06. The molecular weight excluding hydrogens is 376 g/mol. The molecule has 1 heterocycles. The molecule has 8 nitrogen and oxygen atoms in total. The van der Waals surface area contributed by atoms with Crippen molar-refractivity contribution < 1.29 is 8.42 Å². The van der Waals surface area contributed by atoms with Crippen LogP contribution < -0.4 is 10.5 Å². The molecule has 0 unspecified atom stereocenters. The summed E-state index contributed by atoms with van der Waals surface area (Å²) in [4.78, 5) is 6.55. The Bertz CT molecular complexity index is 790. The summed E-state index contributed by atoms with van der Waals surface area (Å²) in [5.41, 5.74) is 6.73. The Balaban J connectivity index is 2.03. The van der Waals surface area contributed by atoms with Gasteiger partial charge in [0.05, 0.1) is 18.3 Å². The first-order valence-electron chi connectivity index (χ1n) is 9.85. The van der Waals surface area contributed by atoms with Crippen LogP contribution in [-0.4, -0.2) is 53.9 Å². The normalized spacial score (nSPS) is 13.1. The maximum absolute atomic E-state index is 12.6. The second-order valence-corrected chi connectivity index (χ2v) is 8.61. The molecule has 1 atom stereocenters. The van der Waals surface area contributed by atoms with Gasteiger partial charge in [0, 0.05) is 0 Å². The SMILES string of the molecule is CCN(CC)CCCS(=O)(=O)N[C@H](CCc1ccccc1)c1nc(CN)n[nH]1. The van der Waals surface area contributed by atoms with Gasteiger partial charge in [0.2, 0.25) is 10.0 Å². The maximum Gasteiger partial charge on any atom is 0.212 e. The number of aromatic nitrogens is 3. The lowest BCUT2D eigenvalue weighted by atomic mass is 10.1. The Hall–Kier alpha value is -1.81. The molecule has 2 rings (SSSR count). The molecule has 28 heavy (non-hydrogen) atoms. The van der Waals surface area contributed by atoms with E-state index in [0.717, 1.165) is 31.6 Å². The summed E-state index contributed by atoms with van der Waals surface area (Å²) in [6.45, 7) is 6.97. The van der Waals surface area contributed by atoms with Crippen molar-refractivity contribution in [1.29, 1.82) is 0 Å². The van der Waals surface area contributed by atoms with Crippen molar-refractivity contribution in [3.63, 3.8) is 0 Å². The zero-order valence-corrected chi connectivity index (χ0v) is 17.6. The first-order chi connectivity index (χ1) is 13.5. The van der Waals surface area contributed by atoms with Crippen LogP contribution in [0.15, 0.2) is 30.3 Å². The van der Waals surface area contributed by atoms with Crippen LogP contribution in [0.25, 0.3) is 0 Å². The van der Waals surface area contributed by atoms with Gasteiger partial charge in [0.25, 0.3) is 0 Å². The van der Waals surface area contributed by atoms with Crippen molar-refractivity contribution in [3.05, 3.63) is 47.5 Å². The van der Waals surface area contributed by atoms with Crippen LogP contribution in [0.5, 0.6) is 0 Å². The number of hydrogen-bond donors (Lipinski definition) is 3. The summed E-state index contributed by atoms with van der Waals surface area (Å²) >= 11 is 0. The van der Waals surface area contributed by atoms with Crippen molar-refractivity contribution in [2.24, 2.45) is 5.73 Å². The van der Waals surface area contributed by atoms with E-state index in [4.69, 9.17) is 5.73 Å². The van der Waals surface area contributed by atoms with Gasteiger partial charge in [-0.3, -0.25) is 5.10 Å². The highest BCUT2D eigenvalue weighted by molar-refractivity contribution is 7.89. The van der Waals surface area contributed by atoms with Crippen LogP contribution in [-0.2, 0) is 23.0 Å². The van der Waals surface area contributed by atoms with E-state index in [9.17, 15) is 8.42 Å². The summed E-state index contributed by atoms with van der Waals surface area (Å²) in [6, 6.07) is 9.50. The van der Waals surface area contributed by atoms with Crippen molar-refractivity contribution in [2.75, 3.05) is 25.4 Å². The van der Waals surface area contributed by atoms with Gasteiger partial charge in [0.1, 0.15) is 5.82 Å². The van der Waals surface area contributed by atoms with Gasteiger partial charge >= 0.3 is 0 Å². The second kappa shape index (κ2) is 11.3. The number of aromatic amines is 1. The maximum atomic E-state index is 12.6. The molecule has 9 heteroatoms. The molecule has 1 aromatic carbocycles. The minimum Gasteiger partial charge on any atom is -0.324 e. The zero-order valence-electron chi connectivity index (χ0n) is 16.8. The van der Waals surface area contributed by atoms with Crippen LogP contribution >= 0.6 is 0 Å². The van der Waals surface area contributed by atoms with Crippen LogP contribution in [0.2, 0.25) is 0 Å². The van der Waals surface area contributed by atoms with E-state index in [-0.39, 0.29) is 12.3 Å². The molecule has 2 aromatic rings. The lowest BCUT2D eigenvalue weighted by Crippen LogP contribution is -2.33. The third-order valence-electron chi connectivity index (χ3n) is 4.73. The van der Waals surface area contributed by atoms with Crippen LogP contribution in [0, 0.1) is 0 Å². The lowest BCUT2D eigenvalue weighted by Gasteiger charge is -2.19. The Morgan fingerprint density at radius 1 is 1.21 bits per heavy atom. The van der Waals surface area contributed by atoms with Crippen molar-refractivity contribution >= 4 is 10.0 Å². The van der Waals surface area contributed by atoms with Crippen molar-refractivity contribution in [2.45, 2.75) is 45.7 Å². The number of rotatable bonds is 13. The quantitative estimate of drug-likeness (QED) is 0.463. The second-order valence-electron chi connectivity index (χ2n) is 6.74. The van der Waals surface area contributed by atoms with Crippen molar-refractivity contribution in [3.8, 4) is 0 Å². The number of nitrogens with zero attached hydrogens (tertiary/aromatic N) is 3. The van der Waals surface area contributed by atoms with Crippen LogP contribution in [0.3, 0.4) is 0 Å². The molecule has 0 amide bonds. The summed E-state index contributed by atoms with van der Waals surface area (Å²) in [5, 5.41) is 6.88. The standard InChI is InChI=1S/C19H32N6O2S/c1-3-25(4-2)13-8-14-28(26,27)24-17(19-21-18(15-20)22-23-19)12-11-16-9-6-5-7-10-16/h5-7,9-10,17,24H,3-4,8,11-15,20H2,1-2H3,(H,21,22,23)/t17-/m1/s1. The number of nitrogens with two attached hydrogens (primary N) is 1. The number of benzene rings is 1. The highest BCUT2D eigenvalue weighted by Gasteiger charge is 2.22. The lowest BCUT2D eigenvalue weighted by molar-refractivity contribution is 0.304. The molecule has 0 aliphatic carbocycles. The summed E-state index contributed by atoms with van der Waals surface area (Å²) in [5.74, 6) is 1.06. The smallest absolute Gasteiger partial charge is 0.212 e. The predicted molar refractivity (Wildman–Crippen MR) is 111 cm³/mol. The molecule has 0 saturated heterocycles. The minimum absolute atomic E-state index is 0.0865. The summed E-state index contributed by atoms with van der Waals surface area (Å²) < 4.78 is 28.1. The highest BCUT2D eigenvalue weighted by Crippen LogP contribution is 2.18. The van der Waals surface area contributed by atoms with E-state index in [1.165, 1.54) is 0 Å². The Morgan fingerprint density at radius 3 is 2.54 bits per heavy atom. The van der Waals surface area contributed by atoms with E-state index in [1.807, 2.05) is 30.3 Å². The average Bonchev–Trinajstić information content (AvgIpc) is 3.18. The Labute approximate surface area is 168 Å². The average molecular weight is 409 g/mol. The third-order valence-corrected chi connectivity index (χ3v) is 6.20. The fraction of sp³-hybridized carbons (Fsp3) is 0.579. The molecule has 0 bridgehead atoms. The molecule has 156 valence electrons. The monoisotopic (exact) mass is 408 g/mol. The number of H-pyrrole nitrogens is 1. The van der Waals surface area contributed by atoms with Gasteiger partial charge in [-0.1, -0.05) is 44.2 Å². The Morgan fingerprint density at radius 2 is 1.93 bits per heavy atom. The largest absolute Gasteiger partial charge is 0.324 e. The van der Waals surface area contributed by atoms with Gasteiger partial charge in [0.15, 0.2) is 5.82 Å². The number of aryl methyl sites for hydroxylation is 1. The van der Waals surface area contributed by atoms with Gasteiger partial charge in [-0.25, -0.2) is 18.1 Å². The third kappa shape index (κ3) is 7.31.